The summed E-state index contributed by atoms with van der Waals surface area (Å²) >= 11 is 0. The lowest BCUT2D eigenvalue weighted by molar-refractivity contribution is 0.402. The molecule has 1 rings (SSSR count). The van der Waals surface area contributed by atoms with E-state index < -0.39 is 0 Å². The van der Waals surface area contributed by atoms with E-state index in [1.807, 2.05) is 48.4 Å². The number of rotatable bonds is 0. The Hall–Kier alpha value is -1.18. The van der Waals surface area contributed by atoms with Crippen LogP contribution in [0.4, 0.5) is 0 Å². The minimum absolute atomic E-state index is 0.977. The van der Waals surface area contributed by atoms with Crippen molar-refractivity contribution in [2.45, 2.75) is 0 Å². The van der Waals surface area contributed by atoms with Crippen LogP contribution in [-0.4, -0.2) is 23.9 Å². The summed E-state index contributed by atoms with van der Waals surface area (Å²) in [6, 6.07) is 0. The molecule has 2 nitrogen and oxygen atoms in total. The highest BCUT2D eigenvalue weighted by Crippen LogP contribution is 2.07. The van der Waals surface area contributed by atoms with Crippen molar-refractivity contribution in [3.8, 4) is 0 Å². The largest absolute Gasteiger partial charge is 0.338 e. The highest BCUT2D eigenvalue weighted by molar-refractivity contribution is 5.12. The molecular weight excluding hydrogens is 124 g/mol. The van der Waals surface area contributed by atoms with Gasteiger partial charge in [0.2, 0.25) is 0 Å². The Kier molecular flexibility index (Phi) is 1.81. The van der Waals surface area contributed by atoms with Crippen LogP contribution in [0.2, 0.25) is 0 Å². The maximum Gasteiger partial charge on any atom is 0.104 e. The fraction of sp³-hybridized carbons (Fsp3) is 0.250. The molecular formula is C8H12N2. The van der Waals surface area contributed by atoms with E-state index in [0.717, 1.165) is 5.82 Å². The standard InChI is InChI=1S/C8H12N2/c1-8-9(2)6-4-5-7-10(8)3/h4-7H,1H2,2-3H3. The van der Waals surface area contributed by atoms with E-state index in [4.69, 9.17) is 0 Å². The summed E-state index contributed by atoms with van der Waals surface area (Å²) in [6.07, 6.45) is 7.91. The van der Waals surface area contributed by atoms with E-state index in [-0.39, 0.29) is 0 Å². The molecule has 0 saturated heterocycles. The first-order valence-corrected chi connectivity index (χ1v) is 3.21. The van der Waals surface area contributed by atoms with Crippen LogP contribution in [-0.2, 0) is 0 Å². The van der Waals surface area contributed by atoms with Crippen molar-refractivity contribution in [2.75, 3.05) is 14.1 Å². The lowest BCUT2D eigenvalue weighted by Gasteiger charge is -2.22. The third-order valence-corrected chi connectivity index (χ3v) is 1.54. The zero-order valence-corrected chi connectivity index (χ0v) is 6.41. The van der Waals surface area contributed by atoms with Gasteiger partial charge in [-0.25, -0.2) is 0 Å². The highest BCUT2D eigenvalue weighted by atomic mass is 15.3. The van der Waals surface area contributed by atoms with Gasteiger partial charge in [0, 0.05) is 26.5 Å². The summed E-state index contributed by atoms with van der Waals surface area (Å²) in [5.41, 5.74) is 0. The molecule has 0 spiro atoms. The van der Waals surface area contributed by atoms with Gasteiger partial charge in [-0.2, -0.15) is 0 Å². The molecule has 0 aromatic rings. The minimum Gasteiger partial charge on any atom is -0.338 e. The lowest BCUT2D eigenvalue weighted by atomic mass is 10.6. The van der Waals surface area contributed by atoms with Crippen LogP contribution < -0.4 is 0 Å². The van der Waals surface area contributed by atoms with Gasteiger partial charge in [-0.15, -0.1) is 0 Å². The Morgan fingerprint density at radius 2 is 1.50 bits per heavy atom. The second kappa shape index (κ2) is 2.60. The first kappa shape index (κ1) is 6.93. The number of hydrogen-bond acceptors (Lipinski definition) is 2. The summed E-state index contributed by atoms with van der Waals surface area (Å²) < 4.78 is 0. The number of nitrogens with zero attached hydrogens (tertiary/aromatic N) is 2. The SMILES string of the molecule is C=C1N(C)C=CC=CN1C. The molecule has 0 aliphatic carbocycles. The molecule has 0 N–H and O–H groups in total. The molecule has 1 aliphatic heterocycles. The Labute approximate surface area is 61.7 Å². The summed E-state index contributed by atoms with van der Waals surface area (Å²) in [6.45, 7) is 3.89. The molecule has 0 fully saturated rings. The zero-order valence-electron chi connectivity index (χ0n) is 6.41. The van der Waals surface area contributed by atoms with E-state index in [1.165, 1.54) is 0 Å². The Morgan fingerprint density at radius 3 is 1.90 bits per heavy atom. The molecule has 1 aliphatic rings. The Balaban J connectivity index is 2.79. The van der Waals surface area contributed by atoms with Crippen LogP contribution in [0.25, 0.3) is 0 Å². The van der Waals surface area contributed by atoms with Crippen LogP contribution in [0.15, 0.2) is 37.0 Å². The molecule has 0 aromatic carbocycles. The molecule has 0 unspecified atom stereocenters. The third-order valence-electron chi connectivity index (χ3n) is 1.54. The van der Waals surface area contributed by atoms with Crippen molar-refractivity contribution in [1.82, 2.24) is 9.80 Å². The summed E-state index contributed by atoms with van der Waals surface area (Å²) in [5, 5.41) is 0. The quantitative estimate of drug-likeness (QED) is 0.496. The van der Waals surface area contributed by atoms with E-state index >= 15 is 0 Å². The van der Waals surface area contributed by atoms with Gasteiger partial charge in [0.15, 0.2) is 0 Å². The molecule has 0 bridgehead atoms. The minimum atomic E-state index is 0.977. The van der Waals surface area contributed by atoms with E-state index in [0.29, 0.717) is 0 Å². The second-order valence-corrected chi connectivity index (χ2v) is 2.32. The predicted octanol–water partition coefficient (Wildman–Crippen LogP) is 1.36. The Morgan fingerprint density at radius 1 is 1.10 bits per heavy atom. The van der Waals surface area contributed by atoms with Crippen LogP contribution in [0, 0.1) is 0 Å². The second-order valence-electron chi connectivity index (χ2n) is 2.32. The van der Waals surface area contributed by atoms with Gasteiger partial charge < -0.3 is 9.80 Å². The molecule has 10 heavy (non-hydrogen) atoms. The average Bonchev–Trinajstić information content (AvgIpc) is 2.04. The van der Waals surface area contributed by atoms with Gasteiger partial charge in [0.1, 0.15) is 5.82 Å². The van der Waals surface area contributed by atoms with Crippen molar-refractivity contribution in [2.24, 2.45) is 0 Å². The van der Waals surface area contributed by atoms with Gasteiger partial charge in [0.25, 0.3) is 0 Å². The van der Waals surface area contributed by atoms with Crippen molar-refractivity contribution in [3.63, 3.8) is 0 Å². The van der Waals surface area contributed by atoms with Gasteiger partial charge >= 0.3 is 0 Å². The molecule has 2 heteroatoms. The van der Waals surface area contributed by atoms with E-state index in [1.54, 1.807) is 0 Å². The van der Waals surface area contributed by atoms with Crippen molar-refractivity contribution >= 4 is 0 Å². The highest BCUT2D eigenvalue weighted by Gasteiger charge is 2.02. The molecule has 0 amide bonds. The molecule has 0 radical (unpaired) electrons. The van der Waals surface area contributed by atoms with Crippen molar-refractivity contribution < 1.29 is 0 Å². The monoisotopic (exact) mass is 136 g/mol. The summed E-state index contributed by atoms with van der Waals surface area (Å²) in [5.74, 6) is 0.977. The first-order valence-electron chi connectivity index (χ1n) is 3.21. The normalized spacial score (nSPS) is 18.0. The van der Waals surface area contributed by atoms with Gasteiger partial charge in [0.05, 0.1) is 0 Å². The summed E-state index contributed by atoms with van der Waals surface area (Å²) in [4.78, 5) is 3.94. The fourth-order valence-electron chi connectivity index (χ4n) is 0.778. The van der Waals surface area contributed by atoms with E-state index in [2.05, 4.69) is 6.58 Å². The molecule has 0 atom stereocenters. The van der Waals surface area contributed by atoms with Crippen molar-refractivity contribution in [3.05, 3.63) is 37.0 Å². The third kappa shape index (κ3) is 1.21. The van der Waals surface area contributed by atoms with Crippen molar-refractivity contribution in [1.29, 1.82) is 0 Å². The number of hydrogen-bond donors (Lipinski definition) is 0. The van der Waals surface area contributed by atoms with Gasteiger partial charge in [-0.3, -0.25) is 0 Å². The van der Waals surface area contributed by atoms with Crippen LogP contribution in [0.5, 0.6) is 0 Å². The van der Waals surface area contributed by atoms with Crippen LogP contribution >= 0.6 is 0 Å². The molecule has 0 aromatic heterocycles. The Bertz CT molecular complexity index is 171. The topological polar surface area (TPSA) is 6.48 Å². The first-order chi connectivity index (χ1) is 4.72. The van der Waals surface area contributed by atoms with E-state index in [9.17, 15) is 0 Å². The predicted molar refractivity (Wildman–Crippen MR) is 42.9 cm³/mol. The van der Waals surface area contributed by atoms with Crippen LogP contribution in [0.3, 0.4) is 0 Å². The molecule has 1 heterocycles. The molecule has 54 valence electrons. The maximum atomic E-state index is 3.89. The zero-order chi connectivity index (χ0) is 7.56. The summed E-state index contributed by atoms with van der Waals surface area (Å²) in [7, 11) is 3.95. The van der Waals surface area contributed by atoms with Crippen LogP contribution in [0.1, 0.15) is 0 Å². The number of allylic oxidation sites excluding steroid dienone is 2. The van der Waals surface area contributed by atoms with Gasteiger partial charge in [-0.1, -0.05) is 6.58 Å². The maximum absolute atomic E-state index is 3.89. The van der Waals surface area contributed by atoms with Gasteiger partial charge in [-0.05, 0) is 12.2 Å². The average molecular weight is 136 g/mol. The molecule has 0 saturated carbocycles. The fourth-order valence-corrected chi connectivity index (χ4v) is 0.778. The smallest absolute Gasteiger partial charge is 0.104 e. The lowest BCUT2D eigenvalue weighted by Crippen LogP contribution is -2.20.